The third-order valence-electron chi connectivity index (χ3n) is 4.76. The number of carboxylic acids is 1. The van der Waals surface area contributed by atoms with E-state index in [1.807, 2.05) is 60.7 Å². The van der Waals surface area contributed by atoms with Crippen molar-refractivity contribution in [2.75, 3.05) is 6.61 Å². The van der Waals surface area contributed by atoms with Gasteiger partial charge in [0.05, 0.1) is 18.4 Å². The molecule has 4 heteroatoms. The number of carbonyl (C=O) groups excluding carboxylic acids is 1. The zero-order valence-electron chi connectivity index (χ0n) is 13.5. The van der Waals surface area contributed by atoms with Gasteiger partial charge in [-0.05, 0) is 18.1 Å². The van der Waals surface area contributed by atoms with Crippen LogP contribution in [-0.4, -0.2) is 23.7 Å². The molecule has 0 bridgehead atoms. The van der Waals surface area contributed by atoms with Gasteiger partial charge < -0.3 is 9.84 Å². The van der Waals surface area contributed by atoms with Gasteiger partial charge in [0.1, 0.15) is 0 Å². The van der Waals surface area contributed by atoms with Crippen LogP contribution in [-0.2, 0) is 14.3 Å². The molecule has 0 saturated heterocycles. The second kappa shape index (κ2) is 6.87. The zero-order chi connectivity index (χ0) is 17.1. The van der Waals surface area contributed by atoms with E-state index >= 15 is 0 Å². The van der Waals surface area contributed by atoms with Crippen molar-refractivity contribution in [3.63, 3.8) is 0 Å². The Hall–Kier alpha value is -2.62. The maximum atomic E-state index is 12.5. The Kier molecular flexibility index (Phi) is 4.65. The number of hydrogen-bond acceptors (Lipinski definition) is 3. The van der Waals surface area contributed by atoms with Crippen molar-refractivity contribution >= 4 is 11.9 Å². The van der Waals surface area contributed by atoms with Gasteiger partial charge in [-0.1, -0.05) is 60.7 Å². The summed E-state index contributed by atoms with van der Waals surface area (Å²) in [6.45, 7) is 2.05. The van der Waals surface area contributed by atoms with E-state index in [-0.39, 0.29) is 24.4 Å². The molecule has 2 aromatic carbocycles. The minimum Gasteiger partial charge on any atom is -0.481 e. The van der Waals surface area contributed by atoms with Crippen molar-refractivity contribution < 1.29 is 19.4 Å². The average molecular weight is 324 g/mol. The van der Waals surface area contributed by atoms with E-state index in [0.29, 0.717) is 0 Å². The van der Waals surface area contributed by atoms with Crippen molar-refractivity contribution in [3.05, 3.63) is 71.8 Å². The summed E-state index contributed by atoms with van der Waals surface area (Å²) in [4.78, 5) is 24.5. The van der Waals surface area contributed by atoms with E-state index in [9.17, 15) is 14.7 Å². The van der Waals surface area contributed by atoms with Gasteiger partial charge in [0.25, 0.3) is 0 Å². The molecule has 1 fully saturated rings. The van der Waals surface area contributed by atoms with Gasteiger partial charge in [0.2, 0.25) is 0 Å². The Morgan fingerprint density at radius 2 is 1.33 bits per heavy atom. The Morgan fingerprint density at radius 3 is 1.71 bits per heavy atom. The zero-order valence-corrected chi connectivity index (χ0v) is 13.5. The van der Waals surface area contributed by atoms with E-state index in [0.717, 1.165) is 11.1 Å². The summed E-state index contributed by atoms with van der Waals surface area (Å²) in [5.41, 5.74) is 1.74. The highest BCUT2D eigenvalue weighted by Gasteiger charge is 2.58. The topological polar surface area (TPSA) is 63.6 Å². The fraction of sp³-hybridized carbons (Fsp3) is 0.300. The Bertz CT molecular complexity index is 663. The first-order valence-corrected chi connectivity index (χ1v) is 8.14. The van der Waals surface area contributed by atoms with Crippen molar-refractivity contribution in [1.82, 2.24) is 0 Å². The van der Waals surface area contributed by atoms with Crippen LogP contribution in [0.4, 0.5) is 0 Å². The van der Waals surface area contributed by atoms with Crippen LogP contribution in [0.3, 0.4) is 0 Å². The molecule has 0 aromatic heterocycles. The molecule has 3 rings (SSSR count). The molecule has 2 unspecified atom stereocenters. The molecule has 0 amide bonds. The van der Waals surface area contributed by atoms with Crippen LogP contribution in [0.15, 0.2) is 60.7 Å². The lowest BCUT2D eigenvalue weighted by Gasteiger charge is -2.49. The predicted octanol–water partition coefficient (Wildman–Crippen LogP) is 3.45. The van der Waals surface area contributed by atoms with E-state index in [1.54, 1.807) is 6.92 Å². The SMILES string of the molecule is CCOC(=O)C1C(c2ccccc2)C(C(=O)O)C1c1ccccc1. The Morgan fingerprint density at radius 1 is 0.875 bits per heavy atom. The molecule has 1 saturated carbocycles. The van der Waals surface area contributed by atoms with E-state index in [2.05, 4.69) is 0 Å². The highest BCUT2D eigenvalue weighted by molar-refractivity contribution is 5.84. The number of carbonyl (C=O) groups is 2. The highest BCUT2D eigenvalue weighted by atomic mass is 16.5. The Labute approximate surface area is 141 Å². The van der Waals surface area contributed by atoms with Gasteiger partial charge >= 0.3 is 11.9 Å². The maximum Gasteiger partial charge on any atom is 0.310 e. The van der Waals surface area contributed by atoms with Crippen LogP contribution in [0.25, 0.3) is 0 Å². The number of ether oxygens (including phenoxy) is 1. The number of aliphatic carboxylic acids is 1. The summed E-state index contributed by atoms with van der Waals surface area (Å²) < 4.78 is 5.25. The predicted molar refractivity (Wildman–Crippen MR) is 89.6 cm³/mol. The number of carboxylic acid groups (broad SMARTS) is 1. The third-order valence-corrected chi connectivity index (χ3v) is 4.76. The molecule has 0 heterocycles. The monoisotopic (exact) mass is 324 g/mol. The van der Waals surface area contributed by atoms with Crippen LogP contribution >= 0.6 is 0 Å². The fourth-order valence-corrected chi connectivity index (χ4v) is 3.77. The van der Waals surface area contributed by atoms with Crippen LogP contribution in [0.1, 0.15) is 29.9 Å². The molecular formula is C20H20O4. The molecular weight excluding hydrogens is 304 g/mol. The van der Waals surface area contributed by atoms with Gasteiger partial charge in [-0.3, -0.25) is 9.59 Å². The number of hydrogen-bond donors (Lipinski definition) is 1. The van der Waals surface area contributed by atoms with Crippen LogP contribution in [0, 0.1) is 11.8 Å². The molecule has 4 nitrogen and oxygen atoms in total. The summed E-state index contributed by atoms with van der Waals surface area (Å²) in [7, 11) is 0. The van der Waals surface area contributed by atoms with Crippen LogP contribution in [0.2, 0.25) is 0 Å². The lowest BCUT2D eigenvalue weighted by Crippen LogP contribution is -2.51. The molecule has 0 radical (unpaired) electrons. The lowest BCUT2D eigenvalue weighted by atomic mass is 9.52. The molecule has 24 heavy (non-hydrogen) atoms. The summed E-state index contributed by atoms with van der Waals surface area (Å²) in [5, 5.41) is 9.77. The number of esters is 1. The lowest BCUT2D eigenvalue weighted by molar-refractivity contribution is -0.163. The number of rotatable bonds is 5. The molecule has 0 aliphatic heterocycles. The quantitative estimate of drug-likeness (QED) is 0.856. The first kappa shape index (κ1) is 16.2. The molecule has 124 valence electrons. The molecule has 2 atom stereocenters. The number of benzene rings is 2. The first-order chi connectivity index (χ1) is 11.6. The second-order valence-electron chi connectivity index (χ2n) is 6.01. The summed E-state index contributed by atoms with van der Waals surface area (Å²) in [6.07, 6.45) is 0. The molecule has 1 N–H and O–H groups in total. The minimum atomic E-state index is -0.877. The molecule has 2 aromatic rings. The largest absolute Gasteiger partial charge is 0.481 e. The van der Waals surface area contributed by atoms with Gasteiger partial charge in [-0.2, -0.15) is 0 Å². The van der Waals surface area contributed by atoms with Crippen molar-refractivity contribution in [3.8, 4) is 0 Å². The van der Waals surface area contributed by atoms with E-state index in [4.69, 9.17) is 4.74 Å². The van der Waals surface area contributed by atoms with Crippen molar-refractivity contribution in [2.24, 2.45) is 11.8 Å². The Balaban J connectivity index is 2.03. The van der Waals surface area contributed by atoms with Gasteiger partial charge in [-0.15, -0.1) is 0 Å². The maximum absolute atomic E-state index is 12.5. The van der Waals surface area contributed by atoms with Gasteiger partial charge in [0.15, 0.2) is 0 Å². The van der Waals surface area contributed by atoms with E-state index in [1.165, 1.54) is 0 Å². The summed E-state index contributed by atoms with van der Waals surface area (Å²) in [6, 6.07) is 18.8. The normalized spacial score (nSPS) is 25.5. The second-order valence-corrected chi connectivity index (χ2v) is 6.01. The molecule has 1 aliphatic carbocycles. The molecule has 1 aliphatic rings. The van der Waals surface area contributed by atoms with Crippen LogP contribution in [0.5, 0.6) is 0 Å². The van der Waals surface area contributed by atoms with Gasteiger partial charge in [0, 0.05) is 11.8 Å². The van der Waals surface area contributed by atoms with Crippen LogP contribution < -0.4 is 0 Å². The standard InChI is InChI=1S/C20H20O4/c1-2-24-20(23)18-15(13-9-5-3-6-10-13)17(19(21)22)16(18)14-11-7-4-8-12-14/h3-12,15-18H,2H2,1H3,(H,21,22). The highest BCUT2D eigenvalue weighted by Crippen LogP contribution is 2.57. The molecule has 0 spiro atoms. The first-order valence-electron chi connectivity index (χ1n) is 8.14. The van der Waals surface area contributed by atoms with Gasteiger partial charge in [-0.25, -0.2) is 0 Å². The summed E-state index contributed by atoms with van der Waals surface area (Å²) >= 11 is 0. The fourth-order valence-electron chi connectivity index (χ4n) is 3.77. The van der Waals surface area contributed by atoms with E-state index < -0.39 is 17.8 Å². The van der Waals surface area contributed by atoms with Crippen molar-refractivity contribution in [2.45, 2.75) is 18.8 Å². The minimum absolute atomic E-state index is 0.288. The van der Waals surface area contributed by atoms with Crippen molar-refractivity contribution in [1.29, 1.82) is 0 Å². The smallest absolute Gasteiger partial charge is 0.310 e. The third kappa shape index (κ3) is 2.80. The summed E-state index contributed by atoms with van der Waals surface area (Å²) in [5.74, 6) is -3.04. The average Bonchev–Trinajstić information content (AvgIpc) is 2.56.